The highest BCUT2D eigenvalue weighted by Crippen LogP contribution is 2.41. The van der Waals surface area contributed by atoms with Gasteiger partial charge in [-0.25, -0.2) is 4.90 Å². The van der Waals surface area contributed by atoms with Gasteiger partial charge in [0.15, 0.2) is 0 Å². The fourth-order valence-electron chi connectivity index (χ4n) is 5.37. The molecule has 0 spiro atoms. The molecule has 0 bridgehead atoms. The monoisotopic (exact) mass is 472 g/mol. The molecule has 2 heterocycles. The van der Waals surface area contributed by atoms with Crippen molar-refractivity contribution in [3.63, 3.8) is 0 Å². The summed E-state index contributed by atoms with van der Waals surface area (Å²) in [5.74, 6) is -1.82. The molecule has 3 amide bonds. The van der Waals surface area contributed by atoms with Crippen molar-refractivity contribution in [1.29, 1.82) is 0 Å². The van der Waals surface area contributed by atoms with E-state index in [0.29, 0.717) is 23.4 Å². The third-order valence-electron chi connectivity index (χ3n) is 7.30. The van der Waals surface area contributed by atoms with Crippen molar-refractivity contribution in [2.45, 2.75) is 33.6 Å². The Morgan fingerprint density at radius 1 is 1.00 bits per heavy atom. The van der Waals surface area contributed by atoms with Crippen LogP contribution in [0.2, 0.25) is 0 Å². The molecule has 0 aromatic heterocycles. The molecule has 7 nitrogen and oxygen atoms in total. The van der Waals surface area contributed by atoms with E-state index >= 15 is 0 Å². The number of hydrogen-bond donors (Lipinski definition) is 0. The lowest BCUT2D eigenvalue weighted by Crippen LogP contribution is -2.32. The number of esters is 1. The summed E-state index contributed by atoms with van der Waals surface area (Å²) in [6, 6.07) is 12.5. The molecule has 35 heavy (non-hydrogen) atoms. The number of carbonyl (C=O) groups excluding carboxylic acids is 4. The summed E-state index contributed by atoms with van der Waals surface area (Å²) in [4.78, 5) is 54.4. The zero-order valence-corrected chi connectivity index (χ0v) is 20.1. The highest BCUT2D eigenvalue weighted by Gasteiger charge is 2.50. The Hall–Kier alpha value is -3.74. The normalized spacial score (nSPS) is 25.9. The van der Waals surface area contributed by atoms with Crippen LogP contribution < -0.4 is 14.5 Å². The van der Waals surface area contributed by atoms with Crippen LogP contribution in [0.3, 0.4) is 0 Å². The van der Waals surface area contributed by atoms with Crippen molar-refractivity contribution in [3.05, 3.63) is 65.7 Å². The lowest BCUT2D eigenvalue weighted by atomic mass is 9.78. The van der Waals surface area contributed by atoms with E-state index in [9.17, 15) is 19.2 Å². The SMILES string of the molecule is Cc1ccc(N2C[C@@H](C(=O)Oc3ccc(N4C(=O)[C@@H]5[C@H](CC=C[C@@H]5C)C4=O)c(C)c3)CC2=O)cc1. The van der Waals surface area contributed by atoms with Crippen LogP contribution in [-0.4, -0.2) is 30.2 Å². The molecule has 1 aliphatic carbocycles. The first-order chi connectivity index (χ1) is 16.7. The van der Waals surface area contributed by atoms with Crippen LogP contribution in [0.25, 0.3) is 0 Å². The van der Waals surface area contributed by atoms with Gasteiger partial charge in [0.25, 0.3) is 0 Å². The zero-order valence-electron chi connectivity index (χ0n) is 20.1. The van der Waals surface area contributed by atoms with Crippen LogP contribution >= 0.6 is 0 Å². The van der Waals surface area contributed by atoms with Gasteiger partial charge in [-0.3, -0.25) is 19.2 Å². The minimum atomic E-state index is -0.567. The molecule has 0 radical (unpaired) electrons. The molecule has 2 aliphatic heterocycles. The standard InChI is InChI=1S/C28H28N2O5/c1-16-7-9-20(10-8-16)29-15-19(14-24(29)31)28(34)35-21-11-12-23(18(3)13-21)30-26(32)22-6-4-5-17(2)25(22)27(30)33/h4-5,7-13,17,19,22,25H,6,14-15H2,1-3H3/t17-,19-,22-,25-/m0/s1. The molecule has 7 heteroatoms. The number of ether oxygens (including phenoxy) is 1. The van der Waals surface area contributed by atoms with Gasteiger partial charge < -0.3 is 9.64 Å². The maximum atomic E-state index is 13.1. The fraction of sp³-hybridized carbons (Fsp3) is 0.357. The van der Waals surface area contributed by atoms with Gasteiger partial charge in [-0.05, 0) is 62.1 Å². The van der Waals surface area contributed by atoms with Crippen molar-refractivity contribution < 1.29 is 23.9 Å². The summed E-state index contributed by atoms with van der Waals surface area (Å²) in [5, 5.41) is 0. The van der Waals surface area contributed by atoms with Crippen LogP contribution in [0.5, 0.6) is 5.75 Å². The second-order valence-electron chi connectivity index (χ2n) is 9.78. The van der Waals surface area contributed by atoms with Crippen LogP contribution in [0.4, 0.5) is 11.4 Å². The lowest BCUT2D eigenvalue weighted by molar-refractivity contribution is -0.139. The largest absolute Gasteiger partial charge is 0.426 e. The molecular formula is C28H28N2O5. The number of anilines is 2. The molecule has 0 saturated carbocycles. The fourth-order valence-corrected chi connectivity index (χ4v) is 5.37. The number of benzene rings is 2. The second-order valence-corrected chi connectivity index (χ2v) is 9.78. The number of hydrogen-bond acceptors (Lipinski definition) is 5. The van der Waals surface area contributed by atoms with Crippen LogP contribution in [0.15, 0.2) is 54.6 Å². The van der Waals surface area contributed by atoms with Crippen molar-refractivity contribution in [3.8, 4) is 5.75 Å². The predicted octanol–water partition coefficient (Wildman–Crippen LogP) is 3.96. The number of aryl methyl sites for hydroxylation is 2. The Morgan fingerprint density at radius 3 is 2.43 bits per heavy atom. The van der Waals surface area contributed by atoms with Gasteiger partial charge in [0.05, 0.1) is 23.4 Å². The van der Waals surface area contributed by atoms with Crippen molar-refractivity contribution in [2.24, 2.45) is 23.7 Å². The molecule has 3 aliphatic rings. The number of allylic oxidation sites excluding steroid dienone is 2. The van der Waals surface area contributed by atoms with E-state index in [4.69, 9.17) is 4.74 Å². The van der Waals surface area contributed by atoms with E-state index in [1.807, 2.05) is 50.3 Å². The molecule has 180 valence electrons. The number of nitrogens with zero attached hydrogens (tertiary/aromatic N) is 2. The first-order valence-electron chi connectivity index (χ1n) is 12.0. The minimum absolute atomic E-state index is 0.0179. The number of carbonyl (C=O) groups is 4. The average Bonchev–Trinajstić information content (AvgIpc) is 3.33. The molecule has 2 aromatic rings. The third kappa shape index (κ3) is 4.05. The molecular weight excluding hydrogens is 444 g/mol. The zero-order chi connectivity index (χ0) is 24.9. The van der Waals surface area contributed by atoms with Gasteiger partial charge >= 0.3 is 5.97 Å². The van der Waals surface area contributed by atoms with Gasteiger partial charge in [-0.15, -0.1) is 0 Å². The maximum Gasteiger partial charge on any atom is 0.316 e. The number of imide groups is 1. The van der Waals surface area contributed by atoms with E-state index < -0.39 is 11.9 Å². The molecule has 2 aromatic carbocycles. The summed E-state index contributed by atoms with van der Waals surface area (Å²) in [7, 11) is 0. The Morgan fingerprint density at radius 2 is 1.74 bits per heavy atom. The summed E-state index contributed by atoms with van der Waals surface area (Å²) in [6.45, 7) is 5.99. The molecule has 2 fully saturated rings. The Bertz CT molecular complexity index is 1250. The van der Waals surface area contributed by atoms with E-state index in [2.05, 4.69) is 0 Å². The van der Waals surface area contributed by atoms with E-state index in [1.165, 1.54) is 4.90 Å². The van der Waals surface area contributed by atoms with Crippen molar-refractivity contribution in [1.82, 2.24) is 0 Å². The Balaban J connectivity index is 1.28. The molecule has 0 N–H and O–H groups in total. The topological polar surface area (TPSA) is 84.0 Å². The van der Waals surface area contributed by atoms with Gasteiger partial charge in [0.1, 0.15) is 5.75 Å². The summed E-state index contributed by atoms with van der Waals surface area (Å²) >= 11 is 0. The van der Waals surface area contributed by atoms with Crippen molar-refractivity contribution in [2.75, 3.05) is 16.3 Å². The van der Waals surface area contributed by atoms with Gasteiger partial charge in [0, 0.05) is 18.7 Å². The number of fused-ring (bicyclic) bond motifs is 1. The lowest BCUT2D eigenvalue weighted by Gasteiger charge is -2.22. The summed E-state index contributed by atoms with van der Waals surface area (Å²) < 4.78 is 5.60. The highest BCUT2D eigenvalue weighted by atomic mass is 16.5. The first kappa shape index (κ1) is 23.0. The Labute approximate surface area is 204 Å². The minimum Gasteiger partial charge on any atom is -0.426 e. The van der Waals surface area contributed by atoms with Crippen LogP contribution in [0, 0.1) is 37.5 Å². The van der Waals surface area contributed by atoms with E-state index in [0.717, 1.165) is 11.3 Å². The molecule has 5 rings (SSSR count). The molecule has 2 saturated heterocycles. The predicted molar refractivity (Wildman–Crippen MR) is 131 cm³/mol. The van der Waals surface area contributed by atoms with Gasteiger partial charge in [0.2, 0.25) is 17.7 Å². The quantitative estimate of drug-likeness (QED) is 0.291. The van der Waals surface area contributed by atoms with Gasteiger partial charge in [-0.1, -0.05) is 36.8 Å². The van der Waals surface area contributed by atoms with E-state index in [-0.39, 0.29) is 48.4 Å². The summed E-state index contributed by atoms with van der Waals surface area (Å²) in [6.07, 6.45) is 4.64. The molecule has 4 atom stereocenters. The number of rotatable bonds is 4. The first-order valence-corrected chi connectivity index (χ1v) is 12.0. The van der Waals surface area contributed by atoms with Crippen LogP contribution in [-0.2, 0) is 19.2 Å². The summed E-state index contributed by atoms with van der Waals surface area (Å²) in [5.41, 5.74) is 3.04. The molecule has 0 unspecified atom stereocenters. The number of amides is 3. The second kappa shape index (κ2) is 8.80. The van der Waals surface area contributed by atoms with E-state index in [1.54, 1.807) is 30.0 Å². The van der Waals surface area contributed by atoms with Crippen molar-refractivity contribution >= 4 is 35.1 Å². The third-order valence-corrected chi connectivity index (χ3v) is 7.30. The maximum absolute atomic E-state index is 13.1. The Kier molecular flexibility index (Phi) is 5.79. The average molecular weight is 473 g/mol. The van der Waals surface area contributed by atoms with Gasteiger partial charge in [-0.2, -0.15) is 0 Å². The van der Waals surface area contributed by atoms with Crippen LogP contribution in [0.1, 0.15) is 30.9 Å². The smallest absolute Gasteiger partial charge is 0.316 e. The highest BCUT2D eigenvalue weighted by molar-refractivity contribution is 6.22.